The van der Waals surface area contributed by atoms with Crippen LogP contribution < -0.4 is 11.2 Å². The Bertz CT molecular complexity index is 688. The fraction of sp³-hybridized carbons (Fsp3) is 0.733. The Labute approximate surface area is 130 Å². The number of aromatic nitrogens is 2. The van der Waals surface area contributed by atoms with Crippen molar-refractivity contribution < 1.29 is 9.30 Å². The molecule has 1 aliphatic carbocycles. The van der Waals surface area contributed by atoms with Crippen LogP contribution in [0.15, 0.2) is 15.8 Å². The van der Waals surface area contributed by atoms with Crippen LogP contribution in [0.2, 0.25) is 0 Å². The summed E-state index contributed by atoms with van der Waals surface area (Å²) in [5, 5.41) is 0. The Balaban J connectivity index is 2.10. The minimum atomic E-state index is -2.28. The van der Waals surface area contributed by atoms with E-state index in [0.717, 1.165) is 19.3 Å². The first kappa shape index (κ1) is 17.2. The summed E-state index contributed by atoms with van der Waals surface area (Å²) in [6, 6.07) is 0.0265. The molecule has 0 spiro atoms. The predicted octanol–water partition coefficient (Wildman–Crippen LogP) is 2.31. The molecule has 0 aromatic carbocycles. The SMILES string of the molecule is CCC(O[C@@H]1CC[C@H](n2cc(C)c(=O)[nH]c2=O)C1)P(C)(C)=O. The summed E-state index contributed by atoms with van der Waals surface area (Å²) in [6.07, 6.45) is 4.74. The van der Waals surface area contributed by atoms with E-state index in [1.54, 1.807) is 31.0 Å². The Hall–Kier alpha value is -1.13. The minimum Gasteiger partial charge on any atom is -0.367 e. The lowest BCUT2D eigenvalue weighted by Crippen LogP contribution is -2.33. The maximum Gasteiger partial charge on any atom is 0.328 e. The fourth-order valence-corrected chi connectivity index (χ4v) is 4.40. The minimum absolute atomic E-state index is 0.0160. The maximum atomic E-state index is 12.2. The Kier molecular flexibility index (Phi) is 5.13. The molecule has 1 unspecified atom stereocenters. The van der Waals surface area contributed by atoms with Crippen molar-refractivity contribution >= 4 is 7.14 Å². The molecule has 22 heavy (non-hydrogen) atoms. The van der Waals surface area contributed by atoms with Gasteiger partial charge in [-0.1, -0.05) is 6.92 Å². The Morgan fingerprint density at radius 3 is 2.68 bits per heavy atom. The van der Waals surface area contributed by atoms with E-state index < -0.39 is 7.14 Å². The molecule has 1 aromatic rings. The number of hydrogen-bond donors (Lipinski definition) is 1. The molecule has 6 nitrogen and oxygen atoms in total. The quantitative estimate of drug-likeness (QED) is 0.841. The van der Waals surface area contributed by atoms with Crippen LogP contribution in [0.25, 0.3) is 0 Å². The van der Waals surface area contributed by atoms with E-state index in [4.69, 9.17) is 4.74 Å². The molecule has 7 heteroatoms. The Morgan fingerprint density at radius 2 is 2.09 bits per heavy atom. The van der Waals surface area contributed by atoms with Gasteiger partial charge in [0.25, 0.3) is 5.56 Å². The first-order valence-electron chi connectivity index (χ1n) is 7.74. The number of ether oxygens (including phenoxy) is 1. The molecule has 1 aliphatic rings. The van der Waals surface area contributed by atoms with Crippen LogP contribution in [-0.2, 0) is 9.30 Å². The van der Waals surface area contributed by atoms with Crippen LogP contribution in [0.4, 0.5) is 0 Å². The zero-order valence-electron chi connectivity index (χ0n) is 13.7. The standard InChI is InChI=1S/C15H25N2O4P/c1-5-13(22(3,4)20)21-12-7-6-11(8-12)17-9-10(2)14(18)16-15(17)19/h9,11-13H,5-8H2,1-4H3,(H,16,18,19)/t11-,12+,13?/m0/s1. The third-order valence-electron chi connectivity index (χ3n) is 4.29. The Morgan fingerprint density at radius 1 is 1.41 bits per heavy atom. The van der Waals surface area contributed by atoms with Crippen LogP contribution in [0.5, 0.6) is 0 Å². The number of H-pyrrole nitrogens is 1. The second-order valence-electron chi connectivity index (χ2n) is 6.50. The third-order valence-corrected chi connectivity index (χ3v) is 6.16. The van der Waals surface area contributed by atoms with Crippen LogP contribution in [0, 0.1) is 6.92 Å². The lowest BCUT2D eigenvalue weighted by Gasteiger charge is -2.24. The monoisotopic (exact) mass is 328 g/mol. The second kappa shape index (κ2) is 6.55. The highest BCUT2D eigenvalue weighted by Gasteiger charge is 2.32. The van der Waals surface area contributed by atoms with Gasteiger partial charge in [0.15, 0.2) is 0 Å². The first-order valence-corrected chi connectivity index (χ1v) is 10.4. The zero-order valence-corrected chi connectivity index (χ0v) is 14.6. The van der Waals surface area contributed by atoms with Crippen molar-refractivity contribution in [2.45, 2.75) is 57.5 Å². The van der Waals surface area contributed by atoms with Crippen molar-refractivity contribution in [1.82, 2.24) is 9.55 Å². The largest absolute Gasteiger partial charge is 0.367 e. The second-order valence-corrected chi connectivity index (χ2v) is 9.94. The summed E-state index contributed by atoms with van der Waals surface area (Å²) >= 11 is 0. The average Bonchev–Trinajstić information content (AvgIpc) is 2.87. The van der Waals surface area contributed by atoms with Gasteiger partial charge < -0.3 is 9.30 Å². The van der Waals surface area contributed by atoms with E-state index >= 15 is 0 Å². The number of aromatic amines is 1. The van der Waals surface area contributed by atoms with Gasteiger partial charge in [0.05, 0.1) is 6.10 Å². The van der Waals surface area contributed by atoms with Gasteiger partial charge in [-0.25, -0.2) is 4.79 Å². The summed E-state index contributed by atoms with van der Waals surface area (Å²) < 4.78 is 19.8. The van der Waals surface area contributed by atoms with Crippen LogP contribution >= 0.6 is 7.14 Å². The van der Waals surface area contributed by atoms with Gasteiger partial charge in [-0.3, -0.25) is 14.3 Å². The highest BCUT2D eigenvalue weighted by molar-refractivity contribution is 7.62. The van der Waals surface area contributed by atoms with Gasteiger partial charge in [0.2, 0.25) is 0 Å². The maximum absolute atomic E-state index is 12.2. The molecule has 1 N–H and O–H groups in total. The van der Waals surface area contributed by atoms with Crippen molar-refractivity contribution in [3.63, 3.8) is 0 Å². The van der Waals surface area contributed by atoms with E-state index in [9.17, 15) is 14.2 Å². The molecule has 0 saturated heterocycles. The van der Waals surface area contributed by atoms with Gasteiger partial charge in [0, 0.05) is 17.8 Å². The molecule has 1 heterocycles. The van der Waals surface area contributed by atoms with Gasteiger partial charge in [-0.05, 0) is 45.9 Å². The van der Waals surface area contributed by atoms with Crippen LogP contribution in [0.1, 0.15) is 44.2 Å². The molecule has 1 saturated carbocycles. The number of rotatable bonds is 5. The van der Waals surface area contributed by atoms with Gasteiger partial charge in [-0.15, -0.1) is 0 Å². The zero-order chi connectivity index (χ0) is 16.5. The normalized spacial score (nSPS) is 23.6. The van der Waals surface area contributed by atoms with Gasteiger partial charge in [-0.2, -0.15) is 0 Å². The average molecular weight is 328 g/mol. The molecule has 1 aromatic heterocycles. The summed E-state index contributed by atoms with van der Waals surface area (Å²) in [6.45, 7) is 7.18. The molecule has 2 rings (SSSR count). The van der Waals surface area contributed by atoms with E-state index in [1.165, 1.54) is 0 Å². The van der Waals surface area contributed by atoms with E-state index in [0.29, 0.717) is 12.0 Å². The van der Waals surface area contributed by atoms with E-state index in [1.807, 2.05) is 6.92 Å². The van der Waals surface area contributed by atoms with E-state index in [-0.39, 0.29) is 29.2 Å². The summed E-state index contributed by atoms with van der Waals surface area (Å²) in [5.41, 5.74) is -0.178. The number of nitrogens with one attached hydrogen (secondary N) is 1. The summed E-state index contributed by atoms with van der Waals surface area (Å²) in [7, 11) is -2.28. The molecule has 0 radical (unpaired) electrons. The topological polar surface area (TPSA) is 81.2 Å². The molecule has 3 atom stereocenters. The predicted molar refractivity (Wildman–Crippen MR) is 87.4 cm³/mol. The van der Waals surface area contributed by atoms with Crippen molar-refractivity contribution in [1.29, 1.82) is 0 Å². The van der Waals surface area contributed by atoms with Crippen molar-refractivity contribution in [3.05, 3.63) is 32.6 Å². The van der Waals surface area contributed by atoms with Crippen molar-refractivity contribution in [2.75, 3.05) is 13.3 Å². The van der Waals surface area contributed by atoms with Gasteiger partial charge >= 0.3 is 5.69 Å². The molecular formula is C15H25N2O4P. The molecule has 0 aliphatic heterocycles. The lowest BCUT2D eigenvalue weighted by atomic mass is 10.2. The van der Waals surface area contributed by atoms with E-state index in [2.05, 4.69) is 4.98 Å². The summed E-state index contributed by atoms with van der Waals surface area (Å²) in [4.78, 5) is 25.7. The summed E-state index contributed by atoms with van der Waals surface area (Å²) in [5.74, 6) is -0.217. The third kappa shape index (κ3) is 3.79. The molecule has 124 valence electrons. The fourth-order valence-electron chi connectivity index (χ4n) is 3.06. The highest BCUT2D eigenvalue weighted by atomic mass is 31.2. The molecule has 0 bridgehead atoms. The smallest absolute Gasteiger partial charge is 0.328 e. The van der Waals surface area contributed by atoms with Crippen molar-refractivity contribution in [2.24, 2.45) is 0 Å². The van der Waals surface area contributed by atoms with Crippen LogP contribution in [0.3, 0.4) is 0 Å². The molecule has 0 amide bonds. The number of nitrogens with zero attached hydrogens (tertiary/aromatic N) is 1. The number of aryl methyl sites for hydroxylation is 1. The lowest BCUT2D eigenvalue weighted by molar-refractivity contribution is 0.0302. The molecular weight excluding hydrogens is 303 g/mol. The highest BCUT2D eigenvalue weighted by Crippen LogP contribution is 2.46. The van der Waals surface area contributed by atoms with Crippen molar-refractivity contribution in [3.8, 4) is 0 Å². The van der Waals surface area contributed by atoms with Gasteiger partial charge in [0.1, 0.15) is 13.0 Å². The van der Waals surface area contributed by atoms with Crippen LogP contribution in [-0.4, -0.2) is 34.8 Å². The number of hydrogen-bond acceptors (Lipinski definition) is 4. The molecule has 1 fully saturated rings. The first-order chi connectivity index (χ1) is 10.2.